The zero-order chi connectivity index (χ0) is 12.0. The molecule has 0 radical (unpaired) electrons. The molecule has 3 nitrogen and oxygen atoms in total. The van der Waals surface area contributed by atoms with Crippen LogP contribution in [-0.4, -0.2) is 11.5 Å². The molecule has 2 aliphatic rings. The van der Waals surface area contributed by atoms with Crippen molar-refractivity contribution in [1.29, 1.82) is 0 Å². The fraction of sp³-hybridized carbons (Fsp3) is 0.385. The summed E-state index contributed by atoms with van der Waals surface area (Å²) in [5.74, 6) is 1.09. The van der Waals surface area contributed by atoms with Crippen LogP contribution in [0.1, 0.15) is 25.3 Å². The van der Waals surface area contributed by atoms with Crippen LogP contribution >= 0.6 is 15.9 Å². The lowest BCUT2D eigenvalue weighted by Crippen LogP contribution is -2.23. The summed E-state index contributed by atoms with van der Waals surface area (Å²) in [5, 5.41) is 0. The first-order chi connectivity index (χ1) is 8.12. The Kier molecular flexibility index (Phi) is 2.36. The van der Waals surface area contributed by atoms with E-state index in [-0.39, 0.29) is 0 Å². The molecule has 1 unspecified atom stereocenters. The molecule has 1 aromatic rings. The zero-order valence-corrected chi connectivity index (χ0v) is 11.2. The van der Waals surface area contributed by atoms with Crippen LogP contribution in [0.4, 0.5) is 0 Å². The van der Waals surface area contributed by atoms with Crippen LogP contribution < -0.4 is 5.73 Å². The molecule has 17 heavy (non-hydrogen) atoms. The minimum atomic E-state index is -0.446. The molecule has 1 heterocycles. The number of hydrogen-bond donors (Lipinski definition) is 1. The summed E-state index contributed by atoms with van der Waals surface area (Å²) in [7, 11) is 0. The first-order valence-corrected chi connectivity index (χ1v) is 6.59. The average Bonchev–Trinajstić information content (AvgIpc) is 3.08. The van der Waals surface area contributed by atoms with Gasteiger partial charge in [0.15, 0.2) is 5.66 Å². The number of amidine groups is 1. The van der Waals surface area contributed by atoms with Gasteiger partial charge in [-0.25, -0.2) is 4.99 Å². The van der Waals surface area contributed by atoms with Crippen molar-refractivity contribution in [3.63, 3.8) is 0 Å². The average molecular weight is 292 g/mol. The number of halogens is 1. The number of rotatable bonds is 2. The smallest absolute Gasteiger partial charge is 0.181 e. The third-order valence-electron chi connectivity index (χ3n) is 3.40. The summed E-state index contributed by atoms with van der Waals surface area (Å²) in [6, 6.07) is 8.22. The van der Waals surface area contributed by atoms with Crippen LogP contribution in [0.5, 0.6) is 0 Å². The van der Waals surface area contributed by atoms with Crippen molar-refractivity contribution in [2.75, 3.05) is 0 Å². The standard InChI is InChI=1S/C13H14BrN3/c1-8-12(15)17-13(16-8,9-5-6-9)10-3-2-4-11(14)7-10/h2-4,7,9H,5-6H2,1H3,(H2,15,17). The number of nitrogens with zero attached hydrogens (tertiary/aromatic N) is 2. The predicted molar refractivity (Wildman–Crippen MR) is 73.3 cm³/mol. The van der Waals surface area contributed by atoms with Gasteiger partial charge in [0.25, 0.3) is 0 Å². The highest BCUT2D eigenvalue weighted by Gasteiger charge is 2.49. The van der Waals surface area contributed by atoms with Gasteiger partial charge in [-0.1, -0.05) is 28.1 Å². The van der Waals surface area contributed by atoms with Crippen LogP contribution in [-0.2, 0) is 5.66 Å². The molecular weight excluding hydrogens is 278 g/mol. The molecule has 0 amide bonds. The van der Waals surface area contributed by atoms with Gasteiger partial charge < -0.3 is 5.73 Å². The van der Waals surface area contributed by atoms with Crippen LogP contribution in [0.25, 0.3) is 0 Å². The van der Waals surface area contributed by atoms with Gasteiger partial charge in [0.05, 0.1) is 5.71 Å². The van der Waals surface area contributed by atoms with E-state index in [0.29, 0.717) is 11.8 Å². The van der Waals surface area contributed by atoms with E-state index < -0.39 is 5.66 Å². The Morgan fingerprint density at radius 2 is 2.12 bits per heavy atom. The highest BCUT2D eigenvalue weighted by atomic mass is 79.9. The highest BCUT2D eigenvalue weighted by molar-refractivity contribution is 9.10. The van der Waals surface area contributed by atoms with Gasteiger partial charge in [-0.2, -0.15) is 0 Å². The molecule has 1 aromatic carbocycles. The van der Waals surface area contributed by atoms with E-state index in [1.165, 1.54) is 12.8 Å². The van der Waals surface area contributed by atoms with E-state index in [9.17, 15) is 0 Å². The molecule has 2 N–H and O–H groups in total. The largest absolute Gasteiger partial charge is 0.382 e. The third kappa shape index (κ3) is 1.71. The Morgan fingerprint density at radius 3 is 2.65 bits per heavy atom. The van der Waals surface area contributed by atoms with Gasteiger partial charge in [-0.05, 0) is 31.9 Å². The lowest BCUT2D eigenvalue weighted by molar-refractivity contribution is 0.417. The van der Waals surface area contributed by atoms with Crippen molar-refractivity contribution in [2.45, 2.75) is 25.4 Å². The Hall–Kier alpha value is -1.16. The zero-order valence-electron chi connectivity index (χ0n) is 9.65. The van der Waals surface area contributed by atoms with E-state index in [2.05, 4.69) is 33.1 Å². The normalized spacial score (nSPS) is 27.9. The van der Waals surface area contributed by atoms with Crippen molar-refractivity contribution >= 4 is 27.5 Å². The topological polar surface area (TPSA) is 50.7 Å². The third-order valence-corrected chi connectivity index (χ3v) is 3.89. The van der Waals surface area contributed by atoms with Crippen LogP contribution in [0, 0.1) is 5.92 Å². The molecule has 3 rings (SSSR count). The molecule has 0 bridgehead atoms. The quantitative estimate of drug-likeness (QED) is 0.895. The first-order valence-electron chi connectivity index (χ1n) is 5.80. The number of benzene rings is 1. The highest BCUT2D eigenvalue weighted by Crippen LogP contribution is 2.51. The molecule has 1 aliphatic carbocycles. The molecule has 0 saturated heterocycles. The van der Waals surface area contributed by atoms with Crippen molar-refractivity contribution in [3.8, 4) is 0 Å². The molecular formula is C13H14BrN3. The van der Waals surface area contributed by atoms with Gasteiger partial charge in [-0.15, -0.1) is 0 Å². The number of hydrogen-bond acceptors (Lipinski definition) is 3. The second-order valence-electron chi connectivity index (χ2n) is 4.71. The summed E-state index contributed by atoms with van der Waals surface area (Å²) in [6.45, 7) is 1.93. The van der Waals surface area contributed by atoms with Gasteiger partial charge in [0, 0.05) is 16.0 Å². The summed E-state index contributed by atoms with van der Waals surface area (Å²) in [5.41, 5.74) is 7.45. The molecule has 0 aromatic heterocycles. The van der Waals surface area contributed by atoms with E-state index in [0.717, 1.165) is 15.7 Å². The summed E-state index contributed by atoms with van der Waals surface area (Å²) >= 11 is 3.50. The van der Waals surface area contributed by atoms with Crippen LogP contribution in [0.2, 0.25) is 0 Å². The Balaban J connectivity index is 2.14. The fourth-order valence-corrected chi connectivity index (χ4v) is 2.75. The lowest BCUT2D eigenvalue weighted by atomic mass is 9.96. The lowest BCUT2D eigenvalue weighted by Gasteiger charge is -2.23. The molecule has 88 valence electrons. The van der Waals surface area contributed by atoms with Crippen molar-refractivity contribution in [2.24, 2.45) is 21.6 Å². The molecule has 0 spiro atoms. The molecule has 4 heteroatoms. The minimum absolute atomic E-state index is 0.446. The molecule has 1 atom stereocenters. The second kappa shape index (κ2) is 3.67. The Bertz CT molecular complexity index is 511. The van der Waals surface area contributed by atoms with Crippen molar-refractivity contribution < 1.29 is 0 Å². The van der Waals surface area contributed by atoms with E-state index in [1.54, 1.807) is 0 Å². The predicted octanol–water partition coefficient (Wildman–Crippen LogP) is 2.84. The van der Waals surface area contributed by atoms with Crippen LogP contribution in [0.15, 0.2) is 38.7 Å². The fourth-order valence-electron chi connectivity index (χ4n) is 2.35. The maximum absolute atomic E-state index is 5.90. The summed E-state index contributed by atoms with van der Waals surface area (Å²) in [6.07, 6.45) is 2.36. The van der Waals surface area contributed by atoms with E-state index >= 15 is 0 Å². The maximum atomic E-state index is 5.90. The SMILES string of the molecule is CC1=NC(c2cccc(Br)c2)(C2CC2)N=C1N. The van der Waals surface area contributed by atoms with Crippen molar-refractivity contribution in [3.05, 3.63) is 34.3 Å². The Labute approximate surface area is 109 Å². The molecule has 1 saturated carbocycles. The van der Waals surface area contributed by atoms with Gasteiger partial charge in [-0.3, -0.25) is 4.99 Å². The summed E-state index contributed by atoms with van der Waals surface area (Å²) in [4.78, 5) is 9.39. The molecule has 1 aliphatic heterocycles. The van der Waals surface area contributed by atoms with Gasteiger partial charge in [0.2, 0.25) is 0 Å². The van der Waals surface area contributed by atoms with Crippen LogP contribution in [0.3, 0.4) is 0 Å². The summed E-state index contributed by atoms with van der Waals surface area (Å²) < 4.78 is 1.06. The number of nitrogens with two attached hydrogens (primary N) is 1. The van der Waals surface area contributed by atoms with E-state index in [4.69, 9.17) is 10.7 Å². The maximum Gasteiger partial charge on any atom is 0.181 e. The number of aliphatic imine (C=N–C) groups is 2. The molecule has 1 fully saturated rings. The minimum Gasteiger partial charge on any atom is -0.382 e. The van der Waals surface area contributed by atoms with Gasteiger partial charge >= 0.3 is 0 Å². The second-order valence-corrected chi connectivity index (χ2v) is 5.62. The Morgan fingerprint density at radius 1 is 1.35 bits per heavy atom. The monoisotopic (exact) mass is 291 g/mol. The van der Waals surface area contributed by atoms with Crippen molar-refractivity contribution in [1.82, 2.24) is 0 Å². The van der Waals surface area contributed by atoms with Gasteiger partial charge in [0.1, 0.15) is 5.84 Å². The first kappa shape index (κ1) is 11.0. The van der Waals surface area contributed by atoms with E-state index in [1.807, 2.05) is 19.1 Å².